The largest absolute Gasteiger partial charge is 0.481 e. The minimum atomic E-state index is -2.31. The molecule has 0 aromatic carbocycles. The first-order chi connectivity index (χ1) is 30.6. The number of carboxylic acids is 2. The van der Waals surface area contributed by atoms with Gasteiger partial charge in [-0.15, -0.1) is 18.3 Å². The van der Waals surface area contributed by atoms with Crippen molar-refractivity contribution in [2.24, 2.45) is 17.8 Å². The molecule has 5 rings (SSSR count). The first kappa shape index (κ1) is 50.6. The highest BCUT2D eigenvalue weighted by molar-refractivity contribution is 6.06. The number of amides is 3. The van der Waals surface area contributed by atoms with Gasteiger partial charge < -0.3 is 58.9 Å². The van der Waals surface area contributed by atoms with Crippen molar-refractivity contribution in [2.45, 2.75) is 120 Å². The average Bonchev–Trinajstić information content (AvgIpc) is 3.96. The third kappa shape index (κ3) is 12.3. The Morgan fingerprint density at radius 2 is 1.61 bits per heavy atom. The van der Waals surface area contributed by atoms with Gasteiger partial charge >= 0.3 is 11.9 Å². The number of carboxylic acid groups (broad SMARTS) is 2. The van der Waals surface area contributed by atoms with Gasteiger partial charge in [0, 0.05) is 25.4 Å². The van der Waals surface area contributed by atoms with Crippen LogP contribution in [0.4, 0.5) is 4.39 Å². The summed E-state index contributed by atoms with van der Waals surface area (Å²) in [4.78, 5) is 69.5. The van der Waals surface area contributed by atoms with E-state index in [1.54, 1.807) is 6.20 Å². The zero-order valence-corrected chi connectivity index (χ0v) is 35.0. The van der Waals surface area contributed by atoms with E-state index in [4.69, 9.17) is 38.8 Å². The molecule has 0 bridgehead atoms. The van der Waals surface area contributed by atoms with Crippen molar-refractivity contribution in [2.75, 3.05) is 39.5 Å². The molecule has 5 heterocycles. The molecule has 1 aromatic heterocycles. The van der Waals surface area contributed by atoms with Crippen LogP contribution in [-0.4, -0.2) is 192 Å². The van der Waals surface area contributed by atoms with Gasteiger partial charge in [-0.2, -0.15) is 0 Å². The standard InChI is InChI=1S/C39H56FN5O19/c1-4-22-27-28(23(5-2)60-22)36(53)45(35(27)52)12-8-6-7-11-43(25(46)9-10-26(47)48)17-21-18-44(42-41-21)13-14-57-15-16-58-39-29(40)32(51)33(34(63-39)37(54)55)62-38-20(3)30(49)31(50)24(61-38)19-59-64-56/h4-5,18,20,22-24,27-34,38-39,49-51,56H,1-2,6-17,19H2,3H3,(H,47,48)(H,54,55)/t20?,22-,23+,24?,27+,28-,29?,30-,31-,32-,33+,34?,38-,39-/m1/s1. The predicted molar refractivity (Wildman–Crippen MR) is 207 cm³/mol. The van der Waals surface area contributed by atoms with Crippen molar-refractivity contribution in [3.8, 4) is 0 Å². The molecular formula is C39H56FN5O19. The molecule has 4 aliphatic heterocycles. The van der Waals surface area contributed by atoms with Crippen LogP contribution in [0.25, 0.3) is 0 Å². The van der Waals surface area contributed by atoms with E-state index in [1.165, 1.54) is 33.6 Å². The van der Waals surface area contributed by atoms with Crippen molar-refractivity contribution in [1.82, 2.24) is 24.8 Å². The molecule has 24 nitrogen and oxygen atoms in total. The molecule has 0 aliphatic carbocycles. The topological polar surface area (TPSA) is 318 Å². The van der Waals surface area contributed by atoms with Crippen LogP contribution < -0.4 is 0 Å². The molecule has 14 atom stereocenters. The molecule has 0 spiro atoms. The van der Waals surface area contributed by atoms with Gasteiger partial charge in [0.25, 0.3) is 0 Å². The number of unbranched alkanes of at least 4 members (excludes halogenated alkanes) is 2. The lowest BCUT2D eigenvalue weighted by atomic mass is 9.89. The Hall–Kier alpha value is -4.38. The SMILES string of the molecule is C=C[C@@H]1O[C@H](C=C)[C@@H]2C(=O)N(CCCCCN(Cc3cn(CCOCCO[C@@H]4OC(C(=O)O)[C@@H](O[C@H]5OC(COOO)[C@@H](O)[C@H](O)C5C)[C@H](O)C4F)nn3)C(=O)CCC(=O)O)C(=O)[C@@H]21. The third-order valence-corrected chi connectivity index (χ3v) is 11.4. The van der Waals surface area contributed by atoms with Gasteiger partial charge in [-0.05, 0) is 19.3 Å². The summed E-state index contributed by atoms with van der Waals surface area (Å²) < 4.78 is 49.8. The Morgan fingerprint density at radius 1 is 0.906 bits per heavy atom. The molecule has 0 radical (unpaired) electrons. The van der Waals surface area contributed by atoms with E-state index in [2.05, 4.69) is 33.4 Å². The fourth-order valence-corrected chi connectivity index (χ4v) is 7.97. The first-order valence-corrected chi connectivity index (χ1v) is 20.8. The van der Waals surface area contributed by atoms with Gasteiger partial charge in [-0.25, -0.2) is 24.0 Å². The molecule has 4 saturated heterocycles. The number of alkyl halides is 1. The molecule has 4 unspecified atom stereocenters. The van der Waals surface area contributed by atoms with Gasteiger partial charge in [-0.3, -0.25) is 24.1 Å². The van der Waals surface area contributed by atoms with E-state index < -0.39 is 110 Å². The monoisotopic (exact) mass is 917 g/mol. The van der Waals surface area contributed by atoms with Crippen LogP contribution in [0.5, 0.6) is 0 Å². The van der Waals surface area contributed by atoms with Gasteiger partial charge in [-0.1, -0.05) is 29.3 Å². The number of aliphatic hydroxyl groups excluding tert-OH is 3. The van der Waals surface area contributed by atoms with E-state index in [0.717, 1.165) is 0 Å². The number of carbonyl (C=O) groups excluding carboxylic acids is 3. The summed E-state index contributed by atoms with van der Waals surface area (Å²) in [7, 11) is 0. The van der Waals surface area contributed by atoms with Crippen molar-refractivity contribution < 1.29 is 97.5 Å². The van der Waals surface area contributed by atoms with Crippen LogP contribution in [-0.2, 0) is 75.4 Å². The summed E-state index contributed by atoms with van der Waals surface area (Å²) in [5, 5.41) is 70.5. The molecule has 4 aliphatic rings. The lowest BCUT2D eigenvalue weighted by molar-refractivity contribution is -0.498. The highest BCUT2D eigenvalue weighted by Gasteiger charge is 2.58. The van der Waals surface area contributed by atoms with Crippen LogP contribution in [0.1, 0.15) is 44.7 Å². The van der Waals surface area contributed by atoms with E-state index in [9.17, 15) is 44.4 Å². The second-order valence-corrected chi connectivity index (χ2v) is 15.7. The molecule has 64 heavy (non-hydrogen) atoms. The number of nitrogens with zero attached hydrogens (tertiary/aromatic N) is 5. The smallest absolute Gasteiger partial charge is 0.335 e. The number of halogens is 1. The number of carbonyl (C=O) groups is 5. The number of aromatic nitrogens is 3. The van der Waals surface area contributed by atoms with Crippen LogP contribution in [0.15, 0.2) is 31.5 Å². The number of hydrogen-bond donors (Lipinski definition) is 6. The van der Waals surface area contributed by atoms with E-state index in [0.29, 0.717) is 25.0 Å². The average molecular weight is 918 g/mol. The Balaban J connectivity index is 1.04. The molecular weight excluding hydrogens is 861 g/mol. The summed E-state index contributed by atoms with van der Waals surface area (Å²) in [5.74, 6) is -6.08. The first-order valence-electron chi connectivity index (χ1n) is 20.8. The van der Waals surface area contributed by atoms with Crippen LogP contribution in [0.2, 0.25) is 0 Å². The summed E-state index contributed by atoms with van der Waals surface area (Å²) in [6.07, 6.45) is -11.5. The van der Waals surface area contributed by atoms with Crippen molar-refractivity contribution in [3.05, 3.63) is 37.2 Å². The number of rotatable bonds is 26. The summed E-state index contributed by atoms with van der Waals surface area (Å²) in [6.45, 7) is 8.54. The maximum atomic E-state index is 15.3. The second-order valence-electron chi connectivity index (χ2n) is 15.7. The fraction of sp³-hybridized carbons (Fsp3) is 0.718. The van der Waals surface area contributed by atoms with Gasteiger partial charge in [0.05, 0.1) is 75.7 Å². The number of hydrogen-bond acceptors (Lipinski definition) is 19. The number of imide groups is 1. The maximum Gasteiger partial charge on any atom is 0.335 e. The van der Waals surface area contributed by atoms with Gasteiger partial charge in [0.2, 0.25) is 17.7 Å². The summed E-state index contributed by atoms with van der Waals surface area (Å²) in [6, 6.07) is 0. The Morgan fingerprint density at radius 3 is 2.25 bits per heavy atom. The number of likely N-dealkylation sites (tertiary alicyclic amines) is 1. The van der Waals surface area contributed by atoms with E-state index in [-0.39, 0.29) is 70.7 Å². The maximum absolute atomic E-state index is 15.3. The molecule has 358 valence electrons. The zero-order valence-electron chi connectivity index (χ0n) is 35.0. The number of aliphatic hydroxyl groups is 3. The van der Waals surface area contributed by atoms with Crippen LogP contribution in [0, 0.1) is 17.8 Å². The normalized spacial score (nSPS) is 32.7. The Kier molecular flexibility index (Phi) is 18.7. The highest BCUT2D eigenvalue weighted by Crippen LogP contribution is 2.41. The molecule has 6 N–H and O–H groups in total. The molecule has 1 aromatic rings. The van der Waals surface area contributed by atoms with Gasteiger partial charge in [0.15, 0.2) is 24.9 Å². The summed E-state index contributed by atoms with van der Waals surface area (Å²) >= 11 is 0. The van der Waals surface area contributed by atoms with E-state index >= 15 is 4.39 Å². The van der Waals surface area contributed by atoms with Crippen LogP contribution >= 0.6 is 0 Å². The summed E-state index contributed by atoms with van der Waals surface area (Å²) in [5.41, 5.74) is 0.406. The molecule has 25 heteroatoms. The predicted octanol–water partition coefficient (Wildman–Crippen LogP) is -1.19. The molecule has 4 fully saturated rings. The van der Waals surface area contributed by atoms with Crippen molar-refractivity contribution in [1.29, 1.82) is 0 Å². The Labute approximate surface area is 365 Å². The van der Waals surface area contributed by atoms with Crippen molar-refractivity contribution >= 4 is 29.7 Å². The zero-order chi connectivity index (χ0) is 46.7. The second kappa shape index (κ2) is 23.7. The minimum Gasteiger partial charge on any atom is -0.481 e. The highest BCUT2D eigenvalue weighted by atomic mass is 19.1. The number of ether oxygens (including phenoxy) is 6. The lowest BCUT2D eigenvalue weighted by Crippen LogP contribution is -2.63. The number of aliphatic carboxylic acids is 2. The fourth-order valence-electron chi connectivity index (χ4n) is 7.97. The molecule has 3 amide bonds. The lowest BCUT2D eigenvalue weighted by Gasteiger charge is -2.45. The quantitative estimate of drug-likeness (QED) is 0.0209. The van der Waals surface area contributed by atoms with Gasteiger partial charge in [0.1, 0.15) is 36.7 Å². The van der Waals surface area contributed by atoms with E-state index in [1.807, 2.05) is 0 Å². The minimum absolute atomic E-state index is 0.0275. The Bertz CT molecular complexity index is 1740. The van der Waals surface area contributed by atoms with Crippen molar-refractivity contribution in [3.63, 3.8) is 0 Å². The number of fused-ring (bicyclic) bond motifs is 1. The third-order valence-electron chi connectivity index (χ3n) is 11.4. The van der Waals surface area contributed by atoms with Crippen LogP contribution in [0.3, 0.4) is 0 Å². The molecule has 0 saturated carbocycles.